The van der Waals surface area contributed by atoms with Crippen LogP contribution in [0.15, 0.2) is 0 Å². The van der Waals surface area contributed by atoms with Gasteiger partial charge in [0.15, 0.2) is 0 Å². The summed E-state index contributed by atoms with van der Waals surface area (Å²) in [5.74, 6) is -0.846. The predicted molar refractivity (Wildman–Crippen MR) is 66.5 cm³/mol. The lowest BCUT2D eigenvalue weighted by atomic mass is 10.0. The van der Waals surface area contributed by atoms with Crippen LogP contribution in [0.5, 0.6) is 0 Å². The number of carboxylic acid groups (broad SMARTS) is 1. The van der Waals surface area contributed by atoms with Gasteiger partial charge in [0.1, 0.15) is 0 Å². The molecule has 1 aliphatic carbocycles. The summed E-state index contributed by atoms with van der Waals surface area (Å²) < 4.78 is 5.49. The Morgan fingerprint density at radius 2 is 1.94 bits per heavy atom. The standard InChI is InChI=1S/C12H22N2O4/c1-18-12(6-2-3-7-12)9-14-11(17)13-8-4-5-10(15)16/h2-9H2,1H3,(H,15,16)(H2,13,14,17). The first-order valence-corrected chi connectivity index (χ1v) is 6.37. The third-order valence-corrected chi connectivity index (χ3v) is 3.37. The molecule has 1 saturated carbocycles. The summed E-state index contributed by atoms with van der Waals surface area (Å²) in [5, 5.41) is 13.9. The van der Waals surface area contributed by atoms with Crippen LogP contribution in [0.1, 0.15) is 38.5 Å². The van der Waals surface area contributed by atoms with Gasteiger partial charge in [0, 0.05) is 26.6 Å². The van der Waals surface area contributed by atoms with E-state index in [-0.39, 0.29) is 18.1 Å². The fourth-order valence-electron chi connectivity index (χ4n) is 2.22. The van der Waals surface area contributed by atoms with Gasteiger partial charge in [-0.3, -0.25) is 4.79 Å². The summed E-state index contributed by atoms with van der Waals surface area (Å²) in [4.78, 5) is 21.8. The van der Waals surface area contributed by atoms with Gasteiger partial charge >= 0.3 is 12.0 Å². The molecule has 0 bridgehead atoms. The van der Waals surface area contributed by atoms with E-state index >= 15 is 0 Å². The maximum atomic E-state index is 11.5. The minimum Gasteiger partial charge on any atom is -0.481 e. The highest BCUT2D eigenvalue weighted by Gasteiger charge is 2.33. The average molecular weight is 258 g/mol. The number of carbonyl (C=O) groups is 2. The molecule has 0 spiro atoms. The number of urea groups is 1. The van der Waals surface area contributed by atoms with Gasteiger partial charge in [0.05, 0.1) is 5.60 Å². The predicted octanol–water partition coefficient (Wildman–Crippen LogP) is 1.11. The second-order valence-corrected chi connectivity index (χ2v) is 4.70. The van der Waals surface area contributed by atoms with Gasteiger partial charge in [-0.05, 0) is 19.3 Å². The summed E-state index contributed by atoms with van der Waals surface area (Å²) in [6.45, 7) is 0.881. The molecule has 18 heavy (non-hydrogen) atoms. The molecule has 1 fully saturated rings. The van der Waals surface area contributed by atoms with Gasteiger partial charge in [-0.15, -0.1) is 0 Å². The fraction of sp³-hybridized carbons (Fsp3) is 0.833. The van der Waals surface area contributed by atoms with Crippen LogP contribution in [0, 0.1) is 0 Å². The number of methoxy groups -OCH3 is 1. The molecule has 6 nitrogen and oxygen atoms in total. The second kappa shape index (κ2) is 7.20. The first-order valence-electron chi connectivity index (χ1n) is 6.37. The number of hydrogen-bond acceptors (Lipinski definition) is 3. The van der Waals surface area contributed by atoms with Gasteiger partial charge in [0.25, 0.3) is 0 Å². The van der Waals surface area contributed by atoms with Crippen LogP contribution in [0.4, 0.5) is 4.79 Å². The van der Waals surface area contributed by atoms with E-state index in [4.69, 9.17) is 9.84 Å². The van der Waals surface area contributed by atoms with Gasteiger partial charge in [-0.2, -0.15) is 0 Å². The molecule has 0 unspecified atom stereocenters. The Balaban J connectivity index is 2.14. The first kappa shape index (κ1) is 14.8. The topological polar surface area (TPSA) is 87.7 Å². The molecule has 0 atom stereocenters. The Morgan fingerprint density at radius 1 is 1.28 bits per heavy atom. The van der Waals surface area contributed by atoms with Crippen LogP contribution in [-0.2, 0) is 9.53 Å². The zero-order valence-corrected chi connectivity index (χ0v) is 10.8. The highest BCUT2D eigenvalue weighted by molar-refractivity contribution is 5.74. The van der Waals surface area contributed by atoms with Crippen molar-refractivity contribution in [2.75, 3.05) is 20.2 Å². The molecule has 6 heteroatoms. The Hall–Kier alpha value is -1.30. The van der Waals surface area contributed by atoms with Crippen LogP contribution in [-0.4, -0.2) is 42.9 Å². The van der Waals surface area contributed by atoms with Crippen LogP contribution in [0.2, 0.25) is 0 Å². The lowest BCUT2D eigenvalue weighted by Crippen LogP contribution is -2.46. The lowest BCUT2D eigenvalue weighted by molar-refractivity contribution is -0.137. The quantitative estimate of drug-likeness (QED) is 0.597. The Labute approximate surface area is 107 Å². The zero-order chi connectivity index (χ0) is 13.4. The molecule has 0 aliphatic heterocycles. The molecule has 0 aromatic carbocycles. The normalized spacial score (nSPS) is 17.4. The molecule has 104 valence electrons. The van der Waals surface area contributed by atoms with Gasteiger partial charge in [-0.1, -0.05) is 12.8 Å². The van der Waals surface area contributed by atoms with Crippen molar-refractivity contribution in [1.82, 2.24) is 10.6 Å². The maximum absolute atomic E-state index is 11.5. The molecule has 1 aliphatic rings. The van der Waals surface area contributed by atoms with E-state index < -0.39 is 5.97 Å². The molecule has 2 amide bonds. The van der Waals surface area contributed by atoms with Crippen LogP contribution < -0.4 is 10.6 Å². The SMILES string of the molecule is COC1(CNC(=O)NCCCC(=O)O)CCCC1. The van der Waals surface area contributed by atoms with Crippen molar-refractivity contribution in [3.63, 3.8) is 0 Å². The summed E-state index contributed by atoms with van der Waals surface area (Å²) in [6, 6.07) is -0.260. The Morgan fingerprint density at radius 3 is 2.50 bits per heavy atom. The molecule has 0 radical (unpaired) electrons. The summed E-state index contributed by atoms with van der Waals surface area (Å²) >= 11 is 0. The van der Waals surface area contributed by atoms with E-state index in [1.807, 2.05) is 0 Å². The van der Waals surface area contributed by atoms with Crippen molar-refractivity contribution in [1.29, 1.82) is 0 Å². The van der Waals surface area contributed by atoms with E-state index in [9.17, 15) is 9.59 Å². The molecular weight excluding hydrogens is 236 g/mol. The zero-order valence-electron chi connectivity index (χ0n) is 10.8. The van der Waals surface area contributed by atoms with Crippen molar-refractivity contribution >= 4 is 12.0 Å². The van der Waals surface area contributed by atoms with Crippen LogP contribution in [0.25, 0.3) is 0 Å². The minimum absolute atomic E-state index is 0.0717. The minimum atomic E-state index is -0.846. The molecule has 0 heterocycles. The van der Waals surface area contributed by atoms with Crippen molar-refractivity contribution in [3.05, 3.63) is 0 Å². The van der Waals surface area contributed by atoms with Crippen LogP contribution in [0.3, 0.4) is 0 Å². The van der Waals surface area contributed by atoms with E-state index in [1.165, 1.54) is 0 Å². The van der Waals surface area contributed by atoms with Crippen molar-refractivity contribution in [2.24, 2.45) is 0 Å². The Bertz CT molecular complexity index is 288. The van der Waals surface area contributed by atoms with Gasteiger partial charge in [0.2, 0.25) is 0 Å². The average Bonchev–Trinajstić information content (AvgIpc) is 2.81. The fourth-order valence-corrected chi connectivity index (χ4v) is 2.22. The largest absolute Gasteiger partial charge is 0.481 e. The highest BCUT2D eigenvalue weighted by atomic mass is 16.5. The maximum Gasteiger partial charge on any atom is 0.314 e. The van der Waals surface area contributed by atoms with Crippen molar-refractivity contribution in [2.45, 2.75) is 44.1 Å². The number of aliphatic carboxylic acids is 1. The highest BCUT2D eigenvalue weighted by Crippen LogP contribution is 2.31. The van der Waals surface area contributed by atoms with Gasteiger partial charge in [-0.25, -0.2) is 4.79 Å². The van der Waals surface area contributed by atoms with E-state index in [0.29, 0.717) is 19.5 Å². The van der Waals surface area contributed by atoms with Crippen LogP contribution >= 0.6 is 0 Å². The summed E-state index contributed by atoms with van der Waals surface area (Å²) in [5.41, 5.74) is -0.210. The number of ether oxygens (including phenoxy) is 1. The monoisotopic (exact) mass is 258 g/mol. The molecule has 0 aromatic heterocycles. The van der Waals surface area contributed by atoms with Gasteiger partial charge < -0.3 is 20.5 Å². The molecule has 0 saturated heterocycles. The number of nitrogens with one attached hydrogen (secondary N) is 2. The van der Waals surface area contributed by atoms with Crippen molar-refractivity contribution in [3.8, 4) is 0 Å². The second-order valence-electron chi connectivity index (χ2n) is 4.70. The lowest BCUT2D eigenvalue weighted by Gasteiger charge is -2.27. The number of rotatable bonds is 7. The molecule has 0 aromatic rings. The van der Waals surface area contributed by atoms with Crippen molar-refractivity contribution < 1.29 is 19.4 Å². The third-order valence-electron chi connectivity index (χ3n) is 3.37. The molecule has 1 rings (SSSR count). The number of amides is 2. The molecular formula is C12H22N2O4. The number of carboxylic acids is 1. The van der Waals surface area contributed by atoms with E-state index in [1.54, 1.807) is 7.11 Å². The molecule has 3 N–H and O–H groups in total. The Kier molecular flexibility index (Phi) is 5.91. The smallest absolute Gasteiger partial charge is 0.314 e. The number of carbonyl (C=O) groups excluding carboxylic acids is 1. The first-order chi connectivity index (χ1) is 8.58. The van der Waals surface area contributed by atoms with E-state index in [2.05, 4.69) is 10.6 Å². The third kappa shape index (κ3) is 4.91. The summed E-state index contributed by atoms with van der Waals surface area (Å²) in [6.07, 6.45) is 4.73. The van der Waals surface area contributed by atoms with E-state index in [0.717, 1.165) is 25.7 Å². The summed E-state index contributed by atoms with van der Waals surface area (Å²) in [7, 11) is 1.68. The number of hydrogen-bond donors (Lipinski definition) is 3.